The first kappa shape index (κ1) is 26.5. The maximum atomic E-state index is 10.3. The number of carboxylic acid groups (broad SMARTS) is 2. The molecule has 0 saturated heterocycles. The van der Waals surface area contributed by atoms with E-state index in [9.17, 15) is 19.8 Å². The molecule has 0 aliphatic carbocycles. The number of carbonyl (C=O) groups excluding carboxylic acids is 2. The Bertz CT molecular complexity index is 1060. The first-order valence-electron chi connectivity index (χ1n) is 11.0. The van der Waals surface area contributed by atoms with Crippen LogP contribution < -0.4 is 10.2 Å². The molecular formula is C26H30N2O4Sn. The average Bonchev–Trinajstić information content (AvgIpc) is 3.39. The van der Waals surface area contributed by atoms with Gasteiger partial charge in [0.05, 0.1) is 0 Å². The normalized spacial score (nSPS) is 10.0. The van der Waals surface area contributed by atoms with Crippen LogP contribution in [0.3, 0.4) is 0 Å². The fourth-order valence-corrected chi connectivity index (χ4v) is 3.52. The van der Waals surface area contributed by atoms with Gasteiger partial charge in [0.1, 0.15) is 0 Å². The third-order valence-electron chi connectivity index (χ3n) is 5.00. The number of nitrogens with one attached hydrogen (secondary N) is 2. The van der Waals surface area contributed by atoms with Gasteiger partial charge in [-0.2, -0.15) is 0 Å². The summed E-state index contributed by atoms with van der Waals surface area (Å²) in [6.07, 6.45) is 6.95. The van der Waals surface area contributed by atoms with Gasteiger partial charge in [0.25, 0.3) is 0 Å². The van der Waals surface area contributed by atoms with Crippen LogP contribution in [0.2, 0.25) is 9.88 Å². The topological polar surface area (TPSA) is 112 Å². The van der Waals surface area contributed by atoms with E-state index in [2.05, 4.69) is 19.8 Å². The molecule has 0 amide bonds. The van der Waals surface area contributed by atoms with Gasteiger partial charge in [-0.1, -0.05) is 36.4 Å². The van der Waals surface area contributed by atoms with E-state index in [-0.39, 0.29) is 34.0 Å². The fraction of sp³-hybridized carbons (Fsp3) is 0.308. The van der Waals surface area contributed by atoms with Gasteiger partial charge in [0, 0.05) is 46.1 Å². The molecule has 0 aliphatic heterocycles. The predicted molar refractivity (Wildman–Crippen MR) is 130 cm³/mol. The second-order valence-corrected chi connectivity index (χ2v) is 10.5. The molecule has 7 heteroatoms. The molecule has 0 bridgehead atoms. The van der Waals surface area contributed by atoms with Crippen LogP contribution in [0.1, 0.15) is 36.8 Å². The summed E-state index contributed by atoms with van der Waals surface area (Å²) in [7, 11) is 0. The number of rotatable bonds is 8. The van der Waals surface area contributed by atoms with Crippen molar-refractivity contribution in [3.05, 3.63) is 72.1 Å². The molecular weight excluding hydrogens is 523 g/mol. The Labute approximate surface area is 204 Å². The van der Waals surface area contributed by atoms with Crippen molar-refractivity contribution < 1.29 is 19.8 Å². The molecule has 2 heterocycles. The molecule has 0 atom stereocenters. The van der Waals surface area contributed by atoms with Crippen LogP contribution in [0, 0.1) is 0 Å². The molecule has 33 heavy (non-hydrogen) atoms. The average molecular weight is 553 g/mol. The zero-order chi connectivity index (χ0) is 24.1. The summed E-state index contributed by atoms with van der Waals surface area (Å²) in [6, 6.07) is 16.0. The Kier molecular flexibility index (Phi) is 11.6. The summed E-state index contributed by atoms with van der Waals surface area (Å²) in [6.45, 7) is 0. The first-order valence-corrected chi connectivity index (χ1v) is 16.7. The molecule has 0 radical (unpaired) electrons. The van der Waals surface area contributed by atoms with Crippen LogP contribution in [0.5, 0.6) is 0 Å². The number of H-pyrrole nitrogens is 2. The van der Waals surface area contributed by atoms with Crippen molar-refractivity contribution in [1.29, 1.82) is 0 Å². The summed E-state index contributed by atoms with van der Waals surface area (Å²) in [5.41, 5.74) is 4.54. The number of carbonyl (C=O) groups is 2. The summed E-state index contributed by atoms with van der Waals surface area (Å²) < 4.78 is 0. The number of aryl methyl sites for hydroxylation is 2. The van der Waals surface area contributed by atoms with E-state index in [4.69, 9.17) is 0 Å². The van der Waals surface area contributed by atoms with Gasteiger partial charge in [-0.3, -0.25) is 0 Å². The molecule has 6 nitrogen and oxygen atoms in total. The van der Waals surface area contributed by atoms with E-state index in [1.807, 2.05) is 60.9 Å². The number of hydrogen-bond donors (Lipinski definition) is 2. The van der Waals surface area contributed by atoms with Crippen LogP contribution in [0.25, 0.3) is 21.8 Å². The third-order valence-corrected chi connectivity index (χ3v) is 5.00. The molecule has 0 saturated carbocycles. The third kappa shape index (κ3) is 8.96. The molecule has 172 valence electrons. The SMILES string of the molecule is O=C([O-])CCCc1c[nH]c2ccccc12.O=C([O-])CCCc1c[nH]c2ccccc12.[CH3][Sn+2][CH3]. The molecule has 4 aromatic rings. The van der Waals surface area contributed by atoms with Crippen LogP contribution in [-0.2, 0) is 22.4 Å². The van der Waals surface area contributed by atoms with Crippen molar-refractivity contribution in [2.24, 2.45) is 0 Å². The number of aromatic nitrogens is 2. The quantitative estimate of drug-likeness (QED) is 0.327. The van der Waals surface area contributed by atoms with Gasteiger partial charge in [0.2, 0.25) is 0 Å². The van der Waals surface area contributed by atoms with E-state index in [0.29, 0.717) is 12.8 Å². The van der Waals surface area contributed by atoms with Crippen molar-refractivity contribution in [3.8, 4) is 0 Å². The molecule has 0 spiro atoms. The Hall–Kier alpha value is -2.74. The molecule has 2 aromatic heterocycles. The standard InChI is InChI=1S/2C12H13NO2.2CH3.Sn/c2*14-12(15)7-3-4-9-8-13-11-6-2-1-5-10(9)11;;;/h2*1-2,5-6,8,13H,3-4,7H2,(H,14,15);2*1H3;/q;;;;+2/p-2. The molecule has 0 aliphatic rings. The minimum absolute atomic E-state index is 0.125. The molecule has 0 fully saturated rings. The van der Waals surface area contributed by atoms with Gasteiger partial charge in [0.15, 0.2) is 0 Å². The van der Waals surface area contributed by atoms with Crippen LogP contribution in [-0.4, -0.2) is 43.0 Å². The van der Waals surface area contributed by atoms with Gasteiger partial charge >= 0.3 is 31.0 Å². The van der Waals surface area contributed by atoms with Crippen LogP contribution >= 0.6 is 0 Å². The molecule has 4 rings (SSSR count). The van der Waals surface area contributed by atoms with Crippen molar-refractivity contribution in [3.63, 3.8) is 0 Å². The van der Waals surface area contributed by atoms with E-state index in [1.165, 1.54) is 21.9 Å². The summed E-state index contributed by atoms with van der Waals surface area (Å²) in [4.78, 5) is 31.5. The zero-order valence-electron chi connectivity index (χ0n) is 19.1. The number of benzene rings is 2. The summed E-state index contributed by atoms with van der Waals surface area (Å²) in [5.74, 6) is -1.95. The van der Waals surface area contributed by atoms with E-state index >= 15 is 0 Å². The van der Waals surface area contributed by atoms with E-state index in [1.54, 1.807) is 0 Å². The van der Waals surface area contributed by atoms with Crippen molar-refractivity contribution in [1.82, 2.24) is 9.97 Å². The number of aliphatic carboxylic acids is 2. The molecule has 0 unspecified atom stereocenters. The minimum atomic E-state index is -0.977. The van der Waals surface area contributed by atoms with Crippen molar-refractivity contribution in [2.45, 2.75) is 48.4 Å². The van der Waals surface area contributed by atoms with Crippen molar-refractivity contribution >= 4 is 54.9 Å². The van der Waals surface area contributed by atoms with Gasteiger partial charge < -0.3 is 29.8 Å². The fourth-order valence-electron chi connectivity index (χ4n) is 3.52. The second kappa shape index (κ2) is 14.4. The number of para-hydroxylation sites is 2. The summed E-state index contributed by atoms with van der Waals surface area (Å²) in [5, 5.41) is 22.9. The maximum absolute atomic E-state index is 10.3. The van der Waals surface area contributed by atoms with Gasteiger partial charge in [-0.15, -0.1) is 0 Å². The number of fused-ring (bicyclic) bond motifs is 2. The van der Waals surface area contributed by atoms with Crippen LogP contribution in [0.15, 0.2) is 60.9 Å². The summed E-state index contributed by atoms with van der Waals surface area (Å²) >= 11 is 0.230. The van der Waals surface area contributed by atoms with Gasteiger partial charge in [-0.25, -0.2) is 0 Å². The number of aromatic amines is 2. The number of hydrogen-bond acceptors (Lipinski definition) is 4. The molecule has 2 aromatic carbocycles. The molecule has 2 N–H and O–H groups in total. The first-order chi connectivity index (χ1) is 16.0. The second-order valence-electron chi connectivity index (χ2n) is 7.67. The van der Waals surface area contributed by atoms with Gasteiger partial charge in [-0.05, 0) is 61.8 Å². The Morgan fingerprint density at radius 2 is 1.09 bits per heavy atom. The number of carboxylic acids is 2. The Morgan fingerprint density at radius 1 is 0.727 bits per heavy atom. The Morgan fingerprint density at radius 3 is 1.45 bits per heavy atom. The monoisotopic (exact) mass is 554 g/mol. The zero-order valence-corrected chi connectivity index (χ0v) is 22.0. The predicted octanol–water partition coefficient (Wildman–Crippen LogP) is 3.27. The van der Waals surface area contributed by atoms with Crippen molar-refractivity contribution in [2.75, 3.05) is 0 Å². The van der Waals surface area contributed by atoms with Crippen LogP contribution in [0.4, 0.5) is 0 Å². The van der Waals surface area contributed by atoms with E-state index in [0.717, 1.165) is 23.9 Å². The van der Waals surface area contributed by atoms with E-state index < -0.39 is 11.9 Å². The Balaban J connectivity index is 0.000000209.